The van der Waals surface area contributed by atoms with Crippen LogP contribution in [0.3, 0.4) is 0 Å². The van der Waals surface area contributed by atoms with Crippen LogP contribution in [-0.2, 0) is 4.74 Å². The van der Waals surface area contributed by atoms with Crippen molar-refractivity contribution in [3.8, 4) is 0 Å². The number of ether oxygens (including phenoxy) is 1. The second-order valence-electron chi connectivity index (χ2n) is 5.82. The molecule has 2 aliphatic heterocycles. The molecule has 1 aromatic carbocycles. The van der Waals surface area contributed by atoms with Gasteiger partial charge in [-0.1, -0.05) is 30.3 Å². The summed E-state index contributed by atoms with van der Waals surface area (Å²) in [5, 5.41) is 0. The van der Waals surface area contributed by atoms with Crippen molar-refractivity contribution in [2.45, 2.75) is 24.8 Å². The van der Waals surface area contributed by atoms with Crippen molar-refractivity contribution in [1.82, 2.24) is 4.90 Å². The molecule has 1 aromatic rings. The molecule has 19 heavy (non-hydrogen) atoms. The fraction of sp³-hybridized carbons (Fsp3) is 0.625. The fourth-order valence-corrected chi connectivity index (χ4v) is 3.58. The van der Waals surface area contributed by atoms with E-state index in [2.05, 4.69) is 35.2 Å². The first-order valence-corrected chi connectivity index (χ1v) is 7.45. The molecule has 0 amide bonds. The zero-order valence-corrected chi connectivity index (χ0v) is 11.5. The van der Waals surface area contributed by atoms with Crippen molar-refractivity contribution in [1.29, 1.82) is 0 Å². The number of hydrogen-bond acceptors (Lipinski definition) is 3. The Morgan fingerprint density at radius 1 is 1.26 bits per heavy atom. The van der Waals surface area contributed by atoms with E-state index in [0.29, 0.717) is 17.9 Å². The van der Waals surface area contributed by atoms with Crippen molar-refractivity contribution in [3.63, 3.8) is 0 Å². The largest absolute Gasteiger partial charge is 0.381 e. The van der Waals surface area contributed by atoms with E-state index in [1.54, 1.807) is 0 Å². The van der Waals surface area contributed by atoms with Crippen LogP contribution in [0.15, 0.2) is 30.3 Å². The molecule has 0 bridgehead atoms. The lowest BCUT2D eigenvalue weighted by Gasteiger charge is -2.31. The van der Waals surface area contributed by atoms with Gasteiger partial charge in [-0.3, -0.25) is 4.90 Å². The van der Waals surface area contributed by atoms with Crippen molar-refractivity contribution in [2.24, 2.45) is 11.7 Å². The molecule has 0 aromatic heterocycles. The highest BCUT2D eigenvalue weighted by Gasteiger charge is 2.34. The second-order valence-corrected chi connectivity index (χ2v) is 5.82. The van der Waals surface area contributed by atoms with E-state index in [0.717, 1.165) is 26.3 Å². The van der Waals surface area contributed by atoms with Crippen molar-refractivity contribution in [2.75, 3.05) is 32.8 Å². The summed E-state index contributed by atoms with van der Waals surface area (Å²) < 4.78 is 5.53. The minimum atomic E-state index is 0.510. The Bertz CT molecular complexity index is 389. The van der Waals surface area contributed by atoms with Crippen molar-refractivity contribution >= 4 is 0 Å². The molecule has 3 rings (SSSR count). The molecule has 0 saturated carbocycles. The maximum absolute atomic E-state index is 6.02. The molecule has 0 radical (unpaired) electrons. The third kappa shape index (κ3) is 2.83. The number of hydrogen-bond donors (Lipinski definition) is 1. The lowest BCUT2D eigenvalue weighted by atomic mass is 9.97. The van der Waals surface area contributed by atoms with Crippen LogP contribution in [-0.4, -0.2) is 43.8 Å². The summed E-state index contributed by atoms with van der Waals surface area (Å²) in [6.07, 6.45) is 2.43. The van der Waals surface area contributed by atoms with Gasteiger partial charge in [0.2, 0.25) is 0 Å². The highest BCUT2D eigenvalue weighted by molar-refractivity contribution is 5.21. The summed E-state index contributed by atoms with van der Waals surface area (Å²) >= 11 is 0. The molecule has 2 saturated heterocycles. The van der Waals surface area contributed by atoms with Gasteiger partial charge in [-0.2, -0.15) is 0 Å². The summed E-state index contributed by atoms with van der Waals surface area (Å²) in [7, 11) is 0. The Labute approximate surface area is 115 Å². The first-order chi connectivity index (χ1) is 9.38. The molecule has 3 unspecified atom stereocenters. The summed E-state index contributed by atoms with van der Waals surface area (Å²) in [4.78, 5) is 2.59. The molecule has 3 atom stereocenters. The molecule has 3 nitrogen and oxygen atoms in total. The van der Waals surface area contributed by atoms with Crippen LogP contribution >= 0.6 is 0 Å². The number of nitrogens with two attached hydrogens (primary N) is 1. The standard InChI is InChI=1S/C16H24N2O/c17-10-16(15-7-9-19-12-15)18-8-6-14(11-18)13-4-2-1-3-5-13/h1-5,14-16H,6-12,17H2. The highest BCUT2D eigenvalue weighted by atomic mass is 16.5. The summed E-state index contributed by atoms with van der Waals surface area (Å²) in [5.74, 6) is 1.32. The minimum absolute atomic E-state index is 0.510. The van der Waals surface area contributed by atoms with Crippen molar-refractivity contribution < 1.29 is 4.74 Å². The summed E-state index contributed by atoms with van der Waals surface area (Å²) in [5.41, 5.74) is 7.49. The van der Waals surface area contributed by atoms with Gasteiger partial charge in [-0.25, -0.2) is 0 Å². The topological polar surface area (TPSA) is 38.5 Å². The maximum atomic E-state index is 6.02. The normalized spacial score (nSPS) is 29.7. The number of rotatable bonds is 4. The zero-order chi connectivity index (χ0) is 13.1. The molecule has 0 aliphatic carbocycles. The van der Waals surface area contributed by atoms with Crippen LogP contribution in [0, 0.1) is 5.92 Å². The second kappa shape index (κ2) is 6.04. The summed E-state index contributed by atoms with van der Waals surface area (Å²) in [6.45, 7) is 4.90. The van der Waals surface area contributed by atoms with Crippen LogP contribution in [0.4, 0.5) is 0 Å². The minimum Gasteiger partial charge on any atom is -0.381 e. The smallest absolute Gasteiger partial charge is 0.0510 e. The molecular weight excluding hydrogens is 236 g/mol. The van der Waals surface area contributed by atoms with Gasteiger partial charge in [0.15, 0.2) is 0 Å². The van der Waals surface area contributed by atoms with E-state index in [1.807, 2.05) is 0 Å². The Morgan fingerprint density at radius 2 is 2.11 bits per heavy atom. The van der Waals surface area contributed by atoms with E-state index in [-0.39, 0.29) is 0 Å². The molecule has 2 heterocycles. The van der Waals surface area contributed by atoms with Crippen LogP contribution in [0.1, 0.15) is 24.3 Å². The monoisotopic (exact) mass is 260 g/mol. The molecule has 2 fully saturated rings. The van der Waals surface area contributed by atoms with E-state index in [4.69, 9.17) is 10.5 Å². The SMILES string of the molecule is NCC(C1CCOC1)N1CCC(c2ccccc2)C1. The fourth-order valence-electron chi connectivity index (χ4n) is 3.58. The Balaban J connectivity index is 1.64. The van der Waals surface area contributed by atoms with E-state index in [1.165, 1.54) is 24.9 Å². The van der Waals surface area contributed by atoms with Gasteiger partial charge in [0.1, 0.15) is 0 Å². The zero-order valence-electron chi connectivity index (χ0n) is 11.5. The molecule has 2 aliphatic rings. The number of nitrogens with zero attached hydrogens (tertiary/aromatic N) is 1. The molecule has 104 valence electrons. The van der Waals surface area contributed by atoms with Crippen LogP contribution < -0.4 is 5.73 Å². The highest BCUT2D eigenvalue weighted by Crippen LogP contribution is 2.31. The summed E-state index contributed by atoms with van der Waals surface area (Å²) in [6, 6.07) is 11.4. The van der Waals surface area contributed by atoms with Gasteiger partial charge < -0.3 is 10.5 Å². The Kier molecular flexibility index (Phi) is 4.16. The van der Waals surface area contributed by atoms with Crippen LogP contribution in [0.5, 0.6) is 0 Å². The number of likely N-dealkylation sites (tertiary alicyclic amines) is 1. The predicted molar refractivity (Wildman–Crippen MR) is 77.1 cm³/mol. The van der Waals surface area contributed by atoms with Gasteiger partial charge in [-0.15, -0.1) is 0 Å². The average Bonchev–Trinajstić information content (AvgIpc) is 3.12. The predicted octanol–water partition coefficient (Wildman–Crippen LogP) is 1.84. The van der Waals surface area contributed by atoms with Gasteiger partial charge in [0.05, 0.1) is 6.61 Å². The first-order valence-electron chi connectivity index (χ1n) is 7.45. The Morgan fingerprint density at radius 3 is 2.79 bits per heavy atom. The first kappa shape index (κ1) is 13.1. The molecule has 3 heteroatoms. The van der Waals surface area contributed by atoms with Crippen LogP contribution in [0.25, 0.3) is 0 Å². The Hall–Kier alpha value is -0.900. The van der Waals surface area contributed by atoms with Gasteiger partial charge in [0.25, 0.3) is 0 Å². The molecule has 0 spiro atoms. The van der Waals surface area contributed by atoms with Gasteiger partial charge in [-0.05, 0) is 30.9 Å². The third-order valence-corrected chi connectivity index (χ3v) is 4.71. The van der Waals surface area contributed by atoms with Gasteiger partial charge >= 0.3 is 0 Å². The van der Waals surface area contributed by atoms with Crippen LogP contribution in [0.2, 0.25) is 0 Å². The maximum Gasteiger partial charge on any atom is 0.0510 e. The average molecular weight is 260 g/mol. The van der Waals surface area contributed by atoms with E-state index >= 15 is 0 Å². The third-order valence-electron chi connectivity index (χ3n) is 4.71. The van der Waals surface area contributed by atoms with E-state index in [9.17, 15) is 0 Å². The molecule has 2 N–H and O–H groups in total. The van der Waals surface area contributed by atoms with E-state index < -0.39 is 0 Å². The van der Waals surface area contributed by atoms with Crippen molar-refractivity contribution in [3.05, 3.63) is 35.9 Å². The number of benzene rings is 1. The lowest BCUT2D eigenvalue weighted by molar-refractivity contribution is 0.139. The quantitative estimate of drug-likeness (QED) is 0.898. The lowest BCUT2D eigenvalue weighted by Crippen LogP contribution is -2.44. The van der Waals surface area contributed by atoms with Gasteiger partial charge in [0, 0.05) is 31.7 Å². The molecular formula is C16H24N2O.